The Morgan fingerprint density at radius 1 is 1.28 bits per heavy atom. The van der Waals surface area contributed by atoms with Crippen LogP contribution in [0.15, 0.2) is 36.7 Å². The van der Waals surface area contributed by atoms with Crippen molar-refractivity contribution in [3.05, 3.63) is 47.9 Å². The van der Waals surface area contributed by atoms with E-state index < -0.39 is 11.9 Å². The van der Waals surface area contributed by atoms with Crippen LogP contribution in [0.4, 0.5) is 17.5 Å². The second kappa shape index (κ2) is 9.42. The van der Waals surface area contributed by atoms with Crippen LogP contribution in [0, 0.1) is 19.8 Å². The van der Waals surface area contributed by atoms with Crippen molar-refractivity contribution in [3.63, 3.8) is 0 Å². The van der Waals surface area contributed by atoms with Crippen molar-refractivity contribution < 1.29 is 14.7 Å². The van der Waals surface area contributed by atoms with Gasteiger partial charge in [0.15, 0.2) is 5.82 Å². The Hall–Kier alpha value is -4.25. The number of hydrogen-bond donors (Lipinski definition) is 4. The minimum atomic E-state index is -0.810. The lowest BCUT2D eigenvalue weighted by Gasteiger charge is -2.15. The second-order valence-electron chi connectivity index (χ2n) is 9.18. The molecule has 0 radical (unpaired) electrons. The number of para-hydroxylation sites is 1. The van der Waals surface area contributed by atoms with Gasteiger partial charge in [-0.3, -0.25) is 19.2 Å². The highest BCUT2D eigenvalue weighted by molar-refractivity contribution is 6.06. The number of hydrogen-bond acceptors (Lipinski definition) is 7. The van der Waals surface area contributed by atoms with Gasteiger partial charge in [0, 0.05) is 48.7 Å². The van der Waals surface area contributed by atoms with Crippen LogP contribution in [0.2, 0.25) is 0 Å². The molecule has 1 saturated heterocycles. The molecular formula is C25H28N8O3. The molecule has 0 spiro atoms. The van der Waals surface area contributed by atoms with Gasteiger partial charge in [-0.25, -0.2) is 9.97 Å². The molecule has 1 aromatic carbocycles. The number of carboxylic acid groups (broad SMARTS) is 1. The number of carbonyl (C=O) groups excluding carboxylic acids is 1. The van der Waals surface area contributed by atoms with Crippen molar-refractivity contribution in [1.29, 1.82) is 0 Å². The second-order valence-corrected chi connectivity index (χ2v) is 9.18. The van der Waals surface area contributed by atoms with Crippen LogP contribution in [-0.2, 0) is 16.6 Å². The first kappa shape index (κ1) is 23.5. The van der Waals surface area contributed by atoms with Gasteiger partial charge in [-0.05, 0) is 38.4 Å². The lowest BCUT2D eigenvalue weighted by Crippen LogP contribution is -2.32. The standard InChI is InChI=1S/C25H28N8O3/c1-14-10-27-25(29-20-9-15(2)32(3)31-20)30-22(14)18-11-26-23-17(18)5-4-6-19(23)28-21(34)13-33-8-7-16(12-33)24(35)36/h4-6,9-11,16,26H,7-8,12-13H2,1-3H3,(H,28,34)(H,35,36)(H,27,29,30,31)/t16-/m0/s1. The number of H-pyrrole nitrogens is 1. The van der Waals surface area contributed by atoms with Crippen molar-refractivity contribution >= 4 is 40.2 Å². The van der Waals surface area contributed by atoms with E-state index in [0.717, 1.165) is 33.4 Å². The van der Waals surface area contributed by atoms with Crippen LogP contribution in [0.25, 0.3) is 22.2 Å². The first-order valence-electron chi connectivity index (χ1n) is 11.8. The Bertz CT molecular complexity index is 1440. The number of nitrogens with one attached hydrogen (secondary N) is 3. The van der Waals surface area contributed by atoms with Gasteiger partial charge in [-0.2, -0.15) is 5.10 Å². The number of amides is 1. The number of aryl methyl sites for hydroxylation is 3. The summed E-state index contributed by atoms with van der Waals surface area (Å²) in [6.07, 6.45) is 4.21. The molecule has 36 heavy (non-hydrogen) atoms. The molecule has 0 unspecified atom stereocenters. The van der Waals surface area contributed by atoms with Gasteiger partial charge in [0.05, 0.1) is 29.4 Å². The van der Waals surface area contributed by atoms with E-state index in [4.69, 9.17) is 4.98 Å². The fraction of sp³-hybridized carbons (Fsp3) is 0.320. The zero-order valence-electron chi connectivity index (χ0n) is 20.4. The van der Waals surface area contributed by atoms with Crippen molar-refractivity contribution in [3.8, 4) is 11.3 Å². The zero-order valence-corrected chi connectivity index (χ0v) is 20.4. The quantitative estimate of drug-likeness (QED) is 0.311. The first-order valence-corrected chi connectivity index (χ1v) is 11.8. The molecule has 3 aromatic heterocycles. The van der Waals surface area contributed by atoms with Gasteiger partial charge in [0.2, 0.25) is 11.9 Å². The highest BCUT2D eigenvalue weighted by Gasteiger charge is 2.29. The molecule has 4 aromatic rings. The van der Waals surface area contributed by atoms with Gasteiger partial charge in [-0.1, -0.05) is 12.1 Å². The summed E-state index contributed by atoms with van der Waals surface area (Å²) in [6.45, 7) is 5.07. The number of rotatable bonds is 7. The van der Waals surface area contributed by atoms with Crippen molar-refractivity contribution in [2.45, 2.75) is 20.3 Å². The summed E-state index contributed by atoms with van der Waals surface area (Å²) in [5.74, 6) is -0.293. The van der Waals surface area contributed by atoms with Crippen LogP contribution < -0.4 is 10.6 Å². The maximum absolute atomic E-state index is 12.7. The maximum atomic E-state index is 12.7. The van der Waals surface area contributed by atoms with Crippen LogP contribution in [0.5, 0.6) is 0 Å². The van der Waals surface area contributed by atoms with Crippen LogP contribution >= 0.6 is 0 Å². The Labute approximate surface area is 207 Å². The van der Waals surface area contributed by atoms with E-state index in [1.54, 1.807) is 10.9 Å². The molecule has 1 aliphatic heterocycles. The Balaban J connectivity index is 1.37. The number of carboxylic acids is 1. The normalized spacial score (nSPS) is 15.9. The molecule has 0 aliphatic carbocycles. The fourth-order valence-electron chi connectivity index (χ4n) is 4.54. The molecule has 0 saturated carbocycles. The molecule has 1 atom stereocenters. The smallest absolute Gasteiger partial charge is 0.307 e. The van der Waals surface area contributed by atoms with E-state index in [2.05, 4.69) is 25.7 Å². The molecule has 4 N–H and O–H groups in total. The van der Waals surface area contributed by atoms with E-state index in [-0.39, 0.29) is 12.5 Å². The molecule has 4 heterocycles. The summed E-state index contributed by atoms with van der Waals surface area (Å²) in [7, 11) is 1.88. The predicted molar refractivity (Wildman–Crippen MR) is 136 cm³/mol. The molecule has 1 aliphatic rings. The highest BCUT2D eigenvalue weighted by Crippen LogP contribution is 2.33. The lowest BCUT2D eigenvalue weighted by atomic mass is 10.1. The number of nitrogens with zero attached hydrogens (tertiary/aromatic N) is 5. The van der Waals surface area contributed by atoms with E-state index in [1.807, 2.05) is 56.3 Å². The number of anilines is 3. The number of likely N-dealkylation sites (tertiary alicyclic amines) is 1. The summed E-state index contributed by atoms with van der Waals surface area (Å²) >= 11 is 0. The third-order valence-electron chi connectivity index (χ3n) is 6.56. The molecular weight excluding hydrogens is 460 g/mol. The van der Waals surface area contributed by atoms with Gasteiger partial charge in [0.25, 0.3) is 0 Å². The number of fused-ring (bicyclic) bond motifs is 1. The predicted octanol–water partition coefficient (Wildman–Crippen LogP) is 3.06. The zero-order chi connectivity index (χ0) is 25.4. The summed E-state index contributed by atoms with van der Waals surface area (Å²) in [5.41, 5.74) is 5.04. The molecule has 5 rings (SSSR count). The van der Waals surface area contributed by atoms with E-state index >= 15 is 0 Å². The Morgan fingerprint density at radius 2 is 2.11 bits per heavy atom. The summed E-state index contributed by atoms with van der Waals surface area (Å²) in [6, 6.07) is 7.63. The summed E-state index contributed by atoms with van der Waals surface area (Å²) < 4.78 is 1.78. The SMILES string of the molecule is Cc1cnc(Nc2cc(C)n(C)n2)nc1-c1c[nH]c2c(NC(=O)CN3CC[C@H](C(=O)O)C3)cccc12. The molecule has 1 fully saturated rings. The van der Waals surface area contributed by atoms with E-state index in [1.165, 1.54) is 0 Å². The highest BCUT2D eigenvalue weighted by atomic mass is 16.4. The van der Waals surface area contributed by atoms with Crippen LogP contribution in [0.3, 0.4) is 0 Å². The van der Waals surface area contributed by atoms with Crippen LogP contribution in [-0.4, -0.2) is 66.2 Å². The number of carbonyl (C=O) groups is 2. The first-order chi connectivity index (χ1) is 17.3. The topological polar surface area (TPSA) is 141 Å². The van der Waals surface area contributed by atoms with Gasteiger partial charge >= 0.3 is 5.97 Å². The monoisotopic (exact) mass is 488 g/mol. The van der Waals surface area contributed by atoms with Crippen molar-refractivity contribution in [2.75, 3.05) is 30.3 Å². The largest absolute Gasteiger partial charge is 0.481 e. The van der Waals surface area contributed by atoms with E-state index in [0.29, 0.717) is 37.0 Å². The number of aromatic amines is 1. The summed E-state index contributed by atoms with van der Waals surface area (Å²) in [5, 5.41) is 20.6. The minimum Gasteiger partial charge on any atom is -0.481 e. The molecule has 0 bridgehead atoms. The maximum Gasteiger partial charge on any atom is 0.307 e. The van der Waals surface area contributed by atoms with E-state index in [9.17, 15) is 14.7 Å². The van der Waals surface area contributed by atoms with Crippen molar-refractivity contribution in [1.82, 2.24) is 29.6 Å². The third kappa shape index (κ3) is 4.65. The average Bonchev–Trinajstić information content (AvgIpc) is 3.55. The van der Waals surface area contributed by atoms with Gasteiger partial charge in [-0.15, -0.1) is 0 Å². The average molecular weight is 489 g/mol. The Kier molecular flexibility index (Phi) is 6.15. The van der Waals surface area contributed by atoms with Gasteiger partial charge < -0.3 is 20.7 Å². The van der Waals surface area contributed by atoms with Crippen LogP contribution in [0.1, 0.15) is 17.7 Å². The Morgan fingerprint density at radius 3 is 2.83 bits per heavy atom. The summed E-state index contributed by atoms with van der Waals surface area (Å²) in [4.78, 5) is 38.2. The molecule has 1 amide bonds. The number of aromatic nitrogens is 5. The lowest BCUT2D eigenvalue weighted by molar-refractivity contribution is -0.141. The number of aliphatic carboxylic acids is 1. The molecule has 186 valence electrons. The minimum absolute atomic E-state index is 0.154. The molecule has 11 nitrogen and oxygen atoms in total. The third-order valence-corrected chi connectivity index (χ3v) is 6.56. The van der Waals surface area contributed by atoms with Gasteiger partial charge in [0.1, 0.15) is 0 Å². The fourth-order valence-corrected chi connectivity index (χ4v) is 4.54. The van der Waals surface area contributed by atoms with Crippen molar-refractivity contribution in [2.24, 2.45) is 13.0 Å². The number of benzene rings is 1. The molecule has 11 heteroatoms.